The van der Waals surface area contributed by atoms with E-state index in [1.165, 1.54) is 19.2 Å². The Morgan fingerprint density at radius 2 is 1.94 bits per heavy atom. The SMILES string of the molecule is COc1ccc(-c2cc(F)cc(Cl)c2)cc1C=O. The van der Waals surface area contributed by atoms with Crippen molar-refractivity contribution in [3.8, 4) is 16.9 Å². The van der Waals surface area contributed by atoms with Gasteiger partial charge in [-0.2, -0.15) is 0 Å². The third-order valence-corrected chi connectivity index (χ3v) is 2.77. The Hall–Kier alpha value is -1.87. The largest absolute Gasteiger partial charge is 0.496 e. The van der Waals surface area contributed by atoms with Gasteiger partial charge in [0.25, 0.3) is 0 Å². The Kier molecular flexibility index (Phi) is 3.63. The summed E-state index contributed by atoms with van der Waals surface area (Å²) in [4.78, 5) is 10.9. The van der Waals surface area contributed by atoms with Crippen LogP contribution in [-0.4, -0.2) is 13.4 Å². The standard InChI is InChI=1S/C14H10ClFO2/c1-18-14-3-2-9(4-11(14)8-17)10-5-12(15)7-13(16)6-10/h2-8H,1H3. The fourth-order valence-electron chi connectivity index (χ4n) is 1.73. The molecule has 0 aliphatic rings. The lowest BCUT2D eigenvalue weighted by Gasteiger charge is -2.07. The fourth-order valence-corrected chi connectivity index (χ4v) is 1.95. The van der Waals surface area contributed by atoms with Crippen molar-refractivity contribution in [1.29, 1.82) is 0 Å². The molecule has 0 saturated heterocycles. The number of hydrogen-bond donors (Lipinski definition) is 0. The number of carbonyl (C=O) groups is 1. The molecule has 0 saturated carbocycles. The monoisotopic (exact) mass is 264 g/mol. The fraction of sp³-hybridized carbons (Fsp3) is 0.0714. The number of methoxy groups -OCH3 is 1. The Morgan fingerprint density at radius 1 is 1.17 bits per heavy atom. The second-order valence-corrected chi connectivity index (χ2v) is 4.17. The summed E-state index contributed by atoms with van der Waals surface area (Å²) in [5.41, 5.74) is 1.74. The molecule has 18 heavy (non-hydrogen) atoms. The molecule has 0 aromatic heterocycles. The molecule has 92 valence electrons. The van der Waals surface area contributed by atoms with Gasteiger partial charge in [0.2, 0.25) is 0 Å². The summed E-state index contributed by atoms with van der Waals surface area (Å²) in [6.45, 7) is 0. The maximum atomic E-state index is 13.3. The number of benzene rings is 2. The number of hydrogen-bond acceptors (Lipinski definition) is 2. The normalized spacial score (nSPS) is 10.2. The summed E-state index contributed by atoms with van der Waals surface area (Å²) in [5.74, 6) is 0.0669. The van der Waals surface area contributed by atoms with Gasteiger partial charge in [0, 0.05) is 5.02 Å². The average Bonchev–Trinajstić information content (AvgIpc) is 2.36. The van der Waals surface area contributed by atoms with Crippen molar-refractivity contribution in [2.45, 2.75) is 0 Å². The number of ether oxygens (including phenoxy) is 1. The van der Waals surface area contributed by atoms with Gasteiger partial charge in [0.15, 0.2) is 6.29 Å². The lowest BCUT2D eigenvalue weighted by atomic mass is 10.0. The number of aldehydes is 1. The van der Waals surface area contributed by atoms with E-state index in [2.05, 4.69) is 0 Å². The van der Waals surface area contributed by atoms with E-state index in [4.69, 9.17) is 16.3 Å². The van der Waals surface area contributed by atoms with Crippen LogP contribution in [0.25, 0.3) is 11.1 Å². The van der Waals surface area contributed by atoms with Crippen LogP contribution in [0.4, 0.5) is 4.39 Å². The zero-order valence-electron chi connectivity index (χ0n) is 9.61. The van der Waals surface area contributed by atoms with Crippen LogP contribution in [0.15, 0.2) is 36.4 Å². The zero-order chi connectivity index (χ0) is 13.1. The second kappa shape index (κ2) is 5.19. The summed E-state index contributed by atoms with van der Waals surface area (Å²) < 4.78 is 18.3. The van der Waals surface area contributed by atoms with E-state index in [0.717, 1.165) is 0 Å². The van der Waals surface area contributed by atoms with Gasteiger partial charge >= 0.3 is 0 Å². The maximum Gasteiger partial charge on any atom is 0.153 e. The van der Waals surface area contributed by atoms with Crippen LogP contribution in [0.2, 0.25) is 5.02 Å². The number of rotatable bonds is 3. The predicted molar refractivity (Wildman–Crippen MR) is 68.8 cm³/mol. The molecule has 0 unspecified atom stereocenters. The lowest BCUT2D eigenvalue weighted by Crippen LogP contribution is -1.91. The van der Waals surface area contributed by atoms with Crippen molar-refractivity contribution >= 4 is 17.9 Å². The van der Waals surface area contributed by atoms with E-state index in [1.54, 1.807) is 24.3 Å². The molecule has 2 rings (SSSR count). The molecule has 0 bridgehead atoms. The summed E-state index contributed by atoms with van der Waals surface area (Å²) in [6, 6.07) is 9.28. The minimum Gasteiger partial charge on any atom is -0.496 e. The van der Waals surface area contributed by atoms with E-state index < -0.39 is 5.82 Å². The number of halogens is 2. The van der Waals surface area contributed by atoms with Gasteiger partial charge < -0.3 is 4.74 Å². The molecule has 0 aliphatic heterocycles. The highest BCUT2D eigenvalue weighted by molar-refractivity contribution is 6.30. The first-order valence-corrected chi connectivity index (χ1v) is 5.61. The van der Waals surface area contributed by atoms with Gasteiger partial charge in [0.1, 0.15) is 11.6 Å². The predicted octanol–water partition coefficient (Wildman–Crippen LogP) is 3.97. The molecule has 0 radical (unpaired) electrons. The van der Waals surface area contributed by atoms with Crippen LogP contribution >= 0.6 is 11.6 Å². The molecule has 0 fully saturated rings. The Bertz CT molecular complexity index is 576. The molecule has 0 spiro atoms. The third-order valence-electron chi connectivity index (χ3n) is 2.55. The van der Waals surface area contributed by atoms with E-state index >= 15 is 0 Å². The summed E-state index contributed by atoms with van der Waals surface area (Å²) >= 11 is 5.80. The topological polar surface area (TPSA) is 26.3 Å². The molecule has 2 aromatic carbocycles. The van der Waals surface area contributed by atoms with Crippen LogP contribution in [0.3, 0.4) is 0 Å². The van der Waals surface area contributed by atoms with Crippen LogP contribution in [0.5, 0.6) is 5.75 Å². The van der Waals surface area contributed by atoms with Crippen molar-refractivity contribution in [2.24, 2.45) is 0 Å². The Labute approximate surface area is 109 Å². The van der Waals surface area contributed by atoms with Gasteiger partial charge in [-0.15, -0.1) is 0 Å². The van der Waals surface area contributed by atoms with E-state index in [1.807, 2.05) is 0 Å². The molecule has 0 amide bonds. The van der Waals surface area contributed by atoms with Crippen LogP contribution in [-0.2, 0) is 0 Å². The number of carbonyl (C=O) groups excluding carboxylic acids is 1. The molecule has 4 heteroatoms. The molecular weight excluding hydrogens is 255 g/mol. The van der Waals surface area contributed by atoms with Gasteiger partial charge in [0.05, 0.1) is 12.7 Å². The first kappa shape index (κ1) is 12.6. The third kappa shape index (κ3) is 2.51. The molecule has 0 aliphatic carbocycles. The average molecular weight is 265 g/mol. The van der Waals surface area contributed by atoms with Crippen molar-refractivity contribution in [1.82, 2.24) is 0 Å². The summed E-state index contributed by atoms with van der Waals surface area (Å²) in [6.07, 6.45) is 0.698. The molecule has 2 aromatic rings. The minimum absolute atomic E-state index is 0.313. The zero-order valence-corrected chi connectivity index (χ0v) is 10.4. The van der Waals surface area contributed by atoms with E-state index in [9.17, 15) is 9.18 Å². The van der Waals surface area contributed by atoms with Crippen LogP contribution < -0.4 is 4.74 Å². The smallest absolute Gasteiger partial charge is 0.153 e. The van der Waals surface area contributed by atoms with Crippen LogP contribution in [0, 0.1) is 5.82 Å². The van der Waals surface area contributed by atoms with E-state index in [0.29, 0.717) is 33.7 Å². The maximum absolute atomic E-state index is 13.3. The highest BCUT2D eigenvalue weighted by Gasteiger charge is 2.07. The highest BCUT2D eigenvalue weighted by atomic mass is 35.5. The molecule has 0 heterocycles. The minimum atomic E-state index is -0.416. The Balaban J connectivity index is 2.53. The van der Waals surface area contributed by atoms with Crippen LogP contribution in [0.1, 0.15) is 10.4 Å². The second-order valence-electron chi connectivity index (χ2n) is 3.73. The molecule has 0 atom stereocenters. The van der Waals surface area contributed by atoms with Gasteiger partial charge in [-0.3, -0.25) is 4.79 Å². The molecule has 2 nitrogen and oxygen atoms in total. The van der Waals surface area contributed by atoms with Gasteiger partial charge in [-0.1, -0.05) is 17.7 Å². The first-order valence-electron chi connectivity index (χ1n) is 5.23. The van der Waals surface area contributed by atoms with Crippen molar-refractivity contribution in [3.05, 3.63) is 52.8 Å². The van der Waals surface area contributed by atoms with E-state index in [-0.39, 0.29) is 0 Å². The molecule has 0 N–H and O–H groups in total. The van der Waals surface area contributed by atoms with Crippen molar-refractivity contribution < 1.29 is 13.9 Å². The quantitative estimate of drug-likeness (QED) is 0.784. The first-order chi connectivity index (χ1) is 8.63. The Morgan fingerprint density at radius 3 is 2.56 bits per heavy atom. The van der Waals surface area contributed by atoms with Crippen molar-refractivity contribution in [2.75, 3.05) is 7.11 Å². The van der Waals surface area contributed by atoms with Gasteiger partial charge in [-0.05, 0) is 41.5 Å². The van der Waals surface area contributed by atoms with Gasteiger partial charge in [-0.25, -0.2) is 4.39 Å². The molecular formula is C14H10ClFO2. The highest BCUT2D eigenvalue weighted by Crippen LogP contribution is 2.28. The van der Waals surface area contributed by atoms with Crippen molar-refractivity contribution in [3.63, 3.8) is 0 Å². The lowest BCUT2D eigenvalue weighted by molar-refractivity contribution is 0.112. The summed E-state index contributed by atoms with van der Waals surface area (Å²) in [5, 5.41) is 0.313. The summed E-state index contributed by atoms with van der Waals surface area (Å²) in [7, 11) is 1.49.